The van der Waals surface area contributed by atoms with Gasteiger partial charge in [0.25, 0.3) is 0 Å². The van der Waals surface area contributed by atoms with Gasteiger partial charge in [-0.2, -0.15) is 0 Å². The lowest BCUT2D eigenvalue weighted by Crippen LogP contribution is -2.51. The summed E-state index contributed by atoms with van der Waals surface area (Å²) < 4.78 is 0. The molecule has 3 N–H and O–H groups in total. The van der Waals surface area contributed by atoms with Gasteiger partial charge in [0, 0.05) is 12.5 Å². The fraction of sp³-hybridized carbons (Fsp3) is 0.833. The van der Waals surface area contributed by atoms with Gasteiger partial charge in [0.05, 0.1) is 0 Å². The molecular weight excluding hydrogens is 220 g/mol. The summed E-state index contributed by atoms with van der Waals surface area (Å²) >= 11 is 0. The molecule has 0 heterocycles. The lowest BCUT2D eigenvalue weighted by atomic mass is 9.99. The highest BCUT2D eigenvalue weighted by atomic mass is 16.4. The summed E-state index contributed by atoms with van der Waals surface area (Å²) in [5, 5.41) is 14.8. The molecule has 100 valence electrons. The molecule has 0 fully saturated rings. The number of nitrogens with one attached hydrogen (secondary N) is 2. The Hall–Kier alpha value is -1.10. The average Bonchev–Trinajstić information content (AvgIpc) is 2.23. The van der Waals surface area contributed by atoms with Crippen LogP contribution in [0.2, 0.25) is 0 Å². The van der Waals surface area contributed by atoms with Crippen molar-refractivity contribution in [1.82, 2.24) is 10.6 Å². The van der Waals surface area contributed by atoms with Gasteiger partial charge in [-0.25, -0.2) is 4.79 Å². The van der Waals surface area contributed by atoms with E-state index in [1.807, 2.05) is 13.8 Å². The van der Waals surface area contributed by atoms with Gasteiger partial charge in [-0.15, -0.1) is 0 Å². The SMILES string of the molecule is CCC(C)(NC(=O)CCCNC(C)C)C(=O)O. The van der Waals surface area contributed by atoms with Crippen LogP contribution in [0.1, 0.15) is 47.0 Å². The van der Waals surface area contributed by atoms with E-state index in [9.17, 15) is 9.59 Å². The third-order valence-electron chi connectivity index (χ3n) is 2.73. The molecule has 0 aromatic rings. The number of amides is 1. The minimum atomic E-state index is -1.15. The van der Waals surface area contributed by atoms with E-state index in [2.05, 4.69) is 10.6 Å². The highest BCUT2D eigenvalue weighted by molar-refractivity contribution is 5.86. The first-order valence-electron chi connectivity index (χ1n) is 6.09. The summed E-state index contributed by atoms with van der Waals surface area (Å²) in [4.78, 5) is 22.5. The van der Waals surface area contributed by atoms with Crippen molar-refractivity contribution in [2.24, 2.45) is 0 Å². The number of aliphatic carboxylic acids is 1. The van der Waals surface area contributed by atoms with Crippen LogP contribution in [0.5, 0.6) is 0 Å². The molecule has 0 aliphatic carbocycles. The topological polar surface area (TPSA) is 78.4 Å². The van der Waals surface area contributed by atoms with Gasteiger partial charge >= 0.3 is 5.97 Å². The predicted octanol–water partition coefficient (Wildman–Crippen LogP) is 1.13. The fourth-order valence-corrected chi connectivity index (χ4v) is 1.30. The molecule has 0 saturated heterocycles. The van der Waals surface area contributed by atoms with Gasteiger partial charge in [-0.05, 0) is 26.3 Å². The Morgan fingerprint density at radius 3 is 2.35 bits per heavy atom. The largest absolute Gasteiger partial charge is 0.480 e. The third-order valence-corrected chi connectivity index (χ3v) is 2.73. The minimum Gasteiger partial charge on any atom is -0.480 e. The first-order chi connectivity index (χ1) is 7.81. The number of carboxylic acids is 1. The van der Waals surface area contributed by atoms with Crippen molar-refractivity contribution in [3.63, 3.8) is 0 Å². The Bertz CT molecular complexity index is 266. The minimum absolute atomic E-state index is 0.206. The summed E-state index contributed by atoms with van der Waals surface area (Å²) in [5.41, 5.74) is -1.15. The highest BCUT2D eigenvalue weighted by Gasteiger charge is 2.32. The van der Waals surface area contributed by atoms with Crippen molar-refractivity contribution in [2.75, 3.05) is 6.54 Å². The standard InChI is InChI=1S/C12H24N2O3/c1-5-12(4,11(16)17)14-10(15)7-6-8-13-9(2)3/h9,13H,5-8H2,1-4H3,(H,14,15)(H,16,17). The molecule has 0 spiro atoms. The van der Waals surface area contributed by atoms with Gasteiger partial charge in [0.1, 0.15) is 5.54 Å². The van der Waals surface area contributed by atoms with Gasteiger partial charge in [-0.1, -0.05) is 20.8 Å². The smallest absolute Gasteiger partial charge is 0.329 e. The molecule has 1 atom stereocenters. The van der Waals surface area contributed by atoms with Crippen molar-refractivity contribution in [3.05, 3.63) is 0 Å². The summed E-state index contributed by atoms with van der Waals surface area (Å²) in [7, 11) is 0. The molecular formula is C12H24N2O3. The molecule has 0 aliphatic heterocycles. The van der Waals surface area contributed by atoms with E-state index in [4.69, 9.17) is 5.11 Å². The van der Waals surface area contributed by atoms with E-state index in [1.54, 1.807) is 6.92 Å². The monoisotopic (exact) mass is 244 g/mol. The number of carboxylic acid groups (broad SMARTS) is 1. The Morgan fingerprint density at radius 2 is 1.94 bits per heavy atom. The number of carbonyl (C=O) groups excluding carboxylic acids is 1. The molecule has 0 saturated carbocycles. The second-order valence-corrected chi connectivity index (χ2v) is 4.75. The van der Waals surface area contributed by atoms with Crippen LogP contribution in [0.3, 0.4) is 0 Å². The van der Waals surface area contributed by atoms with Crippen LogP contribution in [0.15, 0.2) is 0 Å². The molecule has 0 aliphatic rings. The van der Waals surface area contributed by atoms with Crippen molar-refractivity contribution in [1.29, 1.82) is 0 Å². The second-order valence-electron chi connectivity index (χ2n) is 4.75. The van der Waals surface area contributed by atoms with E-state index in [0.29, 0.717) is 25.3 Å². The Balaban J connectivity index is 3.96. The van der Waals surface area contributed by atoms with Gasteiger partial charge < -0.3 is 15.7 Å². The van der Waals surface area contributed by atoms with E-state index < -0.39 is 11.5 Å². The molecule has 1 amide bonds. The summed E-state index contributed by atoms with van der Waals surface area (Å²) in [6, 6.07) is 0.401. The molecule has 0 aromatic heterocycles. The highest BCUT2D eigenvalue weighted by Crippen LogP contribution is 2.09. The molecule has 1 unspecified atom stereocenters. The van der Waals surface area contributed by atoms with E-state index in [0.717, 1.165) is 6.54 Å². The molecule has 5 nitrogen and oxygen atoms in total. The number of carbonyl (C=O) groups is 2. The van der Waals surface area contributed by atoms with Gasteiger partial charge in [0.2, 0.25) is 5.91 Å². The lowest BCUT2D eigenvalue weighted by molar-refractivity contribution is -0.147. The third kappa shape index (κ3) is 6.26. The average molecular weight is 244 g/mol. The summed E-state index contributed by atoms with van der Waals surface area (Å²) in [6.45, 7) is 8.12. The molecule has 0 bridgehead atoms. The quantitative estimate of drug-likeness (QED) is 0.559. The van der Waals surface area contributed by atoms with Crippen molar-refractivity contribution < 1.29 is 14.7 Å². The van der Waals surface area contributed by atoms with Crippen LogP contribution in [-0.2, 0) is 9.59 Å². The van der Waals surface area contributed by atoms with Crippen LogP contribution in [0.25, 0.3) is 0 Å². The van der Waals surface area contributed by atoms with Crippen molar-refractivity contribution >= 4 is 11.9 Å². The summed E-state index contributed by atoms with van der Waals surface area (Å²) in [5.74, 6) is -1.20. The van der Waals surface area contributed by atoms with E-state index in [1.165, 1.54) is 6.92 Å². The first kappa shape index (κ1) is 15.9. The van der Waals surface area contributed by atoms with Crippen molar-refractivity contribution in [3.8, 4) is 0 Å². The summed E-state index contributed by atoms with van der Waals surface area (Å²) in [6.07, 6.45) is 1.43. The van der Waals surface area contributed by atoms with Crippen LogP contribution in [0.4, 0.5) is 0 Å². The van der Waals surface area contributed by atoms with Crippen molar-refractivity contribution in [2.45, 2.75) is 58.5 Å². The van der Waals surface area contributed by atoms with E-state index in [-0.39, 0.29) is 5.91 Å². The Morgan fingerprint density at radius 1 is 1.35 bits per heavy atom. The zero-order chi connectivity index (χ0) is 13.5. The maximum Gasteiger partial charge on any atom is 0.329 e. The van der Waals surface area contributed by atoms with Crippen LogP contribution in [-0.4, -0.2) is 35.1 Å². The normalized spacial score (nSPS) is 14.4. The lowest BCUT2D eigenvalue weighted by Gasteiger charge is -2.24. The van der Waals surface area contributed by atoms with Gasteiger partial charge in [0.15, 0.2) is 0 Å². The fourth-order valence-electron chi connectivity index (χ4n) is 1.30. The number of hydrogen-bond acceptors (Lipinski definition) is 3. The van der Waals surface area contributed by atoms with Crippen LogP contribution < -0.4 is 10.6 Å². The Kier molecular flexibility index (Phi) is 6.80. The molecule has 17 heavy (non-hydrogen) atoms. The molecule has 5 heteroatoms. The molecule has 0 aromatic carbocycles. The number of hydrogen-bond donors (Lipinski definition) is 3. The van der Waals surface area contributed by atoms with Crippen LogP contribution in [0, 0.1) is 0 Å². The predicted molar refractivity (Wildman–Crippen MR) is 66.8 cm³/mol. The number of rotatable bonds is 8. The van der Waals surface area contributed by atoms with Crippen LogP contribution >= 0.6 is 0 Å². The zero-order valence-corrected chi connectivity index (χ0v) is 11.2. The Labute approximate surface area is 103 Å². The first-order valence-corrected chi connectivity index (χ1v) is 6.09. The van der Waals surface area contributed by atoms with E-state index >= 15 is 0 Å². The second kappa shape index (κ2) is 7.27. The molecule has 0 rings (SSSR count). The maximum absolute atomic E-state index is 11.6. The maximum atomic E-state index is 11.6. The zero-order valence-electron chi connectivity index (χ0n) is 11.2. The van der Waals surface area contributed by atoms with Gasteiger partial charge in [-0.3, -0.25) is 4.79 Å². The molecule has 0 radical (unpaired) electrons.